The van der Waals surface area contributed by atoms with Crippen LogP contribution in [0.1, 0.15) is 18.9 Å². The first-order valence-corrected chi connectivity index (χ1v) is 6.15. The van der Waals surface area contributed by atoms with Gasteiger partial charge in [0.15, 0.2) is 0 Å². The van der Waals surface area contributed by atoms with E-state index in [1.54, 1.807) is 12.4 Å². The summed E-state index contributed by atoms with van der Waals surface area (Å²) in [5.41, 5.74) is 8.66. The zero-order valence-corrected chi connectivity index (χ0v) is 10.1. The van der Waals surface area contributed by atoms with E-state index in [4.69, 9.17) is 10.5 Å². The molecule has 3 rings (SSSR count). The number of nitrogens with two attached hydrogens (primary N) is 1. The molecule has 2 aromatic rings. The zero-order chi connectivity index (χ0) is 12.4. The molecule has 0 aliphatic carbocycles. The van der Waals surface area contributed by atoms with Gasteiger partial charge in [-0.2, -0.15) is 0 Å². The van der Waals surface area contributed by atoms with Gasteiger partial charge in [0.2, 0.25) is 0 Å². The fraction of sp³-hybridized carbons (Fsp3) is 0.385. The lowest BCUT2D eigenvalue weighted by Gasteiger charge is -2.25. The van der Waals surface area contributed by atoms with Crippen LogP contribution in [0, 0.1) is 0 Å². The molecule has 0 amide bonds. The summed E-state index contributed by atoms with van der Waals surface area (Å²) >= 11 is 0. The van der Waals surface area contributed by atoms with Crippen molar-refractivity contribution in [3.8, 4) is 11.3 Å². The number of aromatic nitrogens is 3. The van der Waals surface area contributed by atoms with Crippen LogP contribution in [0.25, 0.3) is 11.3 Å². The van der Waals surface area contributed by atoms with Gasteiger partial charge in [-0.1, -0.05) is 0 Å². The normalized spacial score (nSPS) is 19.9. The number of rotatable bonds is 2. The molecule has 94 valence electrons. The minimum Gasteiger partial charge on any atom is -0.398 e. The van der Waals surface area contributed by atoms with E-state index in [2.05, 4.69) is 14.5 Å². The van der Waals surface area contributed by atoms with Crippen LogP contribution in [0.15, 0.2) is 31.0 Å². The number of anilines is 1. The summed E-state index contributed by atoms with van der Waals surface area (Å²) in [6.07, 6.45) is 9.37. The van der Waals surface area contributed by atoms with E-state index in [9.17, 15) is 0 Å². The topological polar surface area (TPSA) is 66.0 Å². The summed E-state index contributed by atoms with van der Waals surface area (Å²) < 4.78 is 7.68. The van der Waals surface area contributed by atoms with Gasteiger partial charge in [0.05, 0.1) is 30.9 Å². The lowest BCUT2D eigenvalue weighted by Crippen LogP contribution is -2.21. The summed E-state index contributed by atoms with van der Waals surface area (Å²) in [5, 5.41) is 0. The van der Waals surface area contributed by atoms with Gasteiger partial charge in [-0.25, -0.2) is 4.98 Å². The van der Waals surface area contributed by atoms with Gasteiger partial charge in [-0.05, 0) is 18.9 Å². The second kappa shape index (κ2) is 4.78. The smallest absolute Gasteiger partial charge is 0.0954 e. The second-order valence-electron chi connectivity index (χ2n) is 4.52. The molecule has 2 aromatic heterocycles. The lowest BCUT2D eigenvalue weighted by molar-refractivity contribution is 0.0596. The number of imidazole rings is 1. The predicted octanol–water partition coefficient (Wildman–Crippen LogP) is 1.88. The van der Waals surface area contributed by atoms with E-state index < -0.39 is 0 Å². The van der Waals surface area contributed by atoms with Crippen molar-refractivity contribution in [1.82, 2.24) is 14.5 Å². The van der Waals surface area contributed by atoms with Crippen molar-refractivity contribution in [3.63, 3.8) is 0 Å². The minimum atomic E-state index is 0.343. The molecule has 2 N–H and O–H groups in total. The van der Waals surface area contributed by atoms with Crippen LogP contribution in [0.5, 0.6) is 0 Å². The van der Waals surface area contributed by atoms with Crippen LogP contribution in [0.2, 0.25) is 0 Å². The first kappa shape index (κ1) is 11.2. The molecular formula is C13H16N4O. The Morgan fingerprint density at radius 2 is 2.28 bits per heavy atom. The molecule has 0 saturated carbocycles. The fourth-order valence-electron chi connectivity index (χ4n) is 2.37. The third-order valence-electron chi connectivity index (χ3n) is 3.33. The Labute approximate surface area is 106 Å². The van der Waals surface area contributed by atoms with Gasteiger partial charge in [-0.15, -0.1) is 0 Å². The van der Waals surface area contributed by atoms with Crippen LogP contribution in [-0.2, 0) is 4.74 Å². The molecule has 1 saturated heterocycles. The van der Waals surface area contributed by atoms with E-state index in [1.165, 1.54) is 0 Å². The summed E-state index contributed by atoms with van der Waals surface area (Å²) in [7, 11) is 0. The number of nitrogens with zero attached hydrogens (tertiary/aromatic N) is 3. The Hall–Kier alpha value is -1.88. The van der Waals surface area contributed by atoms with Crippen molar-refractivity contribution in [2.45, 2.75) is 18.9 Å². The highest BCUT2D eigenvalue weighted by molar-refractivity contribution is 5.72. The second-order valence-corrected chi connectivity index (χ2v) is 4.52. The predicted molar refractivity (Wildman–Crippen MR) is 69.0 cm³/mol. The maximum absolute atomic E-state index is 6.00. The van der Waals surface area contributed by atoms with Crippen molar-refractivity contribution < 1.29 is 4.74 Å². The summed E-state index contributed by atoms with van der Waals surface area (Å²) in [6.45, 7) is 1.60. The summed E-state index contributed by atoms with van der Waals surface area (Å²) in [6, 6.07) is 2.15. The van der Waals surface area contributed by atoms with Crippen molar-refractivity contribution >= 4 is 5.69 Å². The Morgan fingerprint density at radius 3 is 3.06 bits per heavy atom. The molecule has 5 nitrogen and oxygen atoms in total. The van der Waals surface area contributed by atoms with E-state index in [0.717, 1.165) is 43.0 Å². The van der Waals surface area contributed by atoms with Crippen LogP contribution >= 0.6 is 0 Å². The average Bonchev–Trinajstić information content (AvgIpc) is 2.89. The number of hydrogen-bond acceptors (Lipinski definition) is 4. The van der Waals surface area contributed by atoms with Gasteiger partial charge in [0.1, 0.15) is 0 Å². The summed E-state index contributed by atoms with van der Waals surface area (Å²) in [5.74, 6) is 0. The van der Waals surface area contributed by atoms with Gasteiger partial charge < -0.3 is 15.0 Å². The standard InChI is InChI=1S/C13H16N4O/c14-12-3-4-15-6-11(12)13-7-16-9-17(13)10-2-1-5-18-8-10/h3-4,6-7,9-10H,1-2,5,8H2,(H2,14,15). The molecule has 18 heavy (non-hydrogen) atoms. The number of ether oxygens (including phenoxy) is 1. The van der Waals surface area contributed by atoms with Crippen molar-refractivity contribution in [2.24, 2.45) is 0 Å². The molecule has 5 heteroatoms. The molecule has 1 fully saturated rings. The Morgan fingerprint density at radius 1 is 1.33 bits per heavy atom. The highest BCUT2D eigenvalue weighted by atomic mass is 16.5. The summed E-state index contributed by atoms with van der Waals surface area (Å²) in [4.78, 5) is 8.37. The van der Waals surface area contributed by atoms with Crippen LogP contribution < -0.4 is 5.73 Å². The maximum Gasteiger partial charge on any atom is 0.0954 e. The zero-order valence-electron chi connectivity index (χ0n) is 10.1. The lowest BCUT2D eigenvalue weighted by atomic mass is 10.1. The van der Waals surface area contributed by atoms with E-state index in [-0.39, 0.29) is 0 Å². The SMILES string of the molecule is Nc1ccncc1-c1cncn1C1CCCOC1. The Balaban J connectivity index is 1.98. The number of hydrogen-bond donors (Lipinski definition) is 1. The molecular weight excluding hydrogens is 228 g/mol. The third-order valence-corrected chi connectivity index (χ3v) is 3.33. The molecule has 0 bridgehead atoms. The van der Waals surface area contributed by atoms with Crippen LogP contribution in [-0.4, -0.2) is 27.7 Å². The van der Waals surface area contributed by atoms with Crippen molar-refractivity contribution in [3.05, 3.63) is 31.0 Å². The molecule has 0 radical (unpaired) electrons. The van der Waals surface area contributed by atoms with Gasteiger partial charge >= 0.3 is 0 Å². The monoisotopic (exact) mass is 244 g/mol. The van der Waals surface area contributed by atoms with Crippen molar-refractivity contribution in [2.75, 3.05) is 18.9 Å². The molecule has 1 aliphatic rings. The fourth-order valence-corrected chi connectivity index (χ4v) is 2.37. The molecule has 1 aliphatic heterocycles. The number of pyridine rings is 1. The van der Waals surface area contributed by atoms with E-state index in [1.807, 2.05) is 18.6 Å². The third kappa shape index (κ3) is 1.97. The van der Waals surface area contributed by atoms with E-state index in [0.29, 0.717) is 6.04 Å². The molecule has 1 atom stereocenters. The molecule has 3 heterocycles. The largest absolute Gasteiger partial charge is 0.398 e. The van der Waals surface area contributed by atoms with Gasteiger partial charge in [-0.3, -0.25) is 4.98 Å². The first-order chi connectivity index (χ1) is 8.86. The highest BCUT2D eigenvalue weighted by Crippen LogP contribution is 2.29. The minimum absolute atomic E-state index is 0.343. The molecule has 1 unspecified atom stereocenters. The Bertz CT molecular complexity index is 531. The Kier molecular flexibility index (Phi) is 2.98. The molecule has 0 aromatic carbocycles. The van der Waals surface area contributed by atoms with Crippen LogP contribution in [0.3, 0.4) is 0 Å². The quantitative estimate of drug-likeness (QED) is 0.876. The first-order valence-electron chi connectivity index (χ1n) is 6.15. The highest BCUT2D eigenvalue weighted by Gasteiger charge is 2.19. The number of nitrogen functional groups attached to an aromatic ring is 1. The van der Waals surface area contributed by atoms with Gasteiger partial charge in [0.25, 0.3) is 0 Å². The van der Waals surface area contributed by atoms with Gasteiger partial charge in [0, 0.05) is 30.3 Å². The molecule has 0 spiro atoms. The van der Waals surface area contributed by atoms with Crippen LogP contribution in [0.4, 0.5) is 5.69 Å². The maximum atomic E-state index is 6.00. The van der Waals surface area contributed by atoms with E-state index >= 15 is 0 Å². The average molecular weight is 244 g/mol. The van der Waals surface area contributed by atoms with Crippen molar-refractivity contribution in [1.29, 1.82) is 0 Å².